The first kappa shape index (κ1) is 13.2. The Hall–Kier alpha value is -1.83. The third-order valence-corrected chi connectivity index (χ3v) is 4.18. The maximum atomic E-state index is 12.7. The van der Waals surface area contributed by atoms with E-state index in [9.17, 15) is 13.2 Å². The molecule has 2 N–H and O–H groups in total. The summed E-state index contributed by atoms with van der Waals surface area (Å²) in [6, 6.07) is 2.94. The summed E-state index contributed by atoms with van der Waals surface area (Å²) in [6.07, 6.45) is -3.71. The minimum Gasteiger partial charge on any atom is -0.368 e. The molecule has 3 heterocycles. The highest BCUT2D eigenvalue weighted by Crippen LogP contribution is 2.32. The molecule has 2 aromatic rings. The van der Waals surface area contributed by atoms with E-state index in [2.05, 4.69) is 9.97 Å². The molecule has 8 heteroatoms. The van der Waals surface area contributed by atoms with E-state index >= 15 is 0 Å². The van der Waals surface area contributed by atoms with Crippen LogP contribution >= 0.6 is 11.3 Å². The number of rotatable bonds is 1. The maximum Gasteiger partial charge on any atom is 0.433 e. The van der Waals surface area contributed by atoms with Gasteiger partial charge in [0.15, 0.2) is 5.69 Å². The summed E-state index contributed by atoms with van der Waals surface area (Å²) in [4.78, 5) is 10.2. The van der Waals surface area contributed by atoms with Crippen molar-refractivity contribution in [3.05, 3.63) is 33.6 Å². The van der Waals surface area contributed by atoms with Crippen LogP contribution in [-0.4, -0.2) is 16.5 Å². The normalized spacial score (nSPS) is 15.2. The van der Waals surface area contributed by atoms with Gasteiger partial charge in [0, 0.05) is 24.0 Å². The summed E-state index contributed by atoms with van der Waals surface area (Å²) in [5.41, 5.74) is 5.52. The number of aromatic nitrogens is 2. The Labute approximate surface area is 117 Å². The van der Waals surface area contributed by atoms with E-state index in [1.54, 1.807) is 16.2 Å². The van der Waals surface area contributed by atoms with Crippen molar-refractivity contribution < 1.29 is 13.2 Å². The number of hydrogen-bond donors (Lipinski definition) is 1. The van der Waals surface area contributed by atoms with Crippen LogP contribution in [0.5, 0.6) is 0 Å². The fraction of sp³-hybridized carbons (Fsp3) is 0.333. The summed E-state index contributed by atoms with van der Waals surface area (Å²) < 4.78 is 38.2. The van der Waals surface area contributed by atoms with E-state index in [4.69, 9.17) is 5.73 Å². The van der Waals surface area contributed by atoms with Crippen molar-refractivity contribution in [1.29, 1.82) is 0 Å². The van der Waals surface area contributed by atoms with Crippen LogP contribution in [-0.2, 0) is 19.1 Å². The van der Waals surface area contributed by atoms with Gasteiger partial charge in [-0.3, -0.25) is 0 Å². The first-order valence-corrected chi connectivity index (χ1v) is 6.83. The Morgan fingerprint density at radius 3 is 2.85 bits per heavy atom. The largest absolute Gasteiger partial charge is 0.433 e. The number of nitrogen functional groups attached to an aromatic ring is 1. The number of alkyl halides is 3. The minimum atomic E-state index is -4.52. The lowest BCUT2D eigenvalue weighted by Gasteiger charge is -2.28. The molecule has 2 aromatic heterocycles. The van der Waals surface area contributed by atoms with Gasteiger partial charge < -0.3 is 10.6 Å². The highest BCUT2D eigenvalue weighted by Gasteiger charge is 2.34. The second-order valence-corrected chi connectivity index (χ2v) is 5.51. The van der Waals surface area contributed by atoms with E-state index in [-0.39, 0.29) is 11.8 Å². The van der Waals surface area contributed by atoms with Crippen molar-refractivity contribution in [3.8, 4) is 0 Å². The first-order valence-electron chi connectivity index (χ1n) is 5.95. The zero-order valence-electron chi connectivity index (χ0n) is 10.3. The lowest BCUT2D eigenvalue weighted by Crippen LogP contribution is -2.30. The molecule has 0 saturated heterocycles. The van der Waals surface area contributed by atoms with E-state index in [1.807, 2.05) is 11.4 Å². The predicted molar refractivity (Wildman–Crippen MR) is 70.5 cm³/mol. The van der Waals surface area contributed by atoms with Crippen LogP contribution in [0, 0.1) is 0 Å². The van der Waals surface area contributed by atoms with Crippen LogP contribution in [0.1, 0.15) is 16.1 Å². The zero-order valence-corrected chi connectivity index (χ0v) is 11.1. The topological polar surface area (TPSA) is 55.0 Å². The molecule has 106 valence electrons. The highest BCUT2D eigenvalue weighted by atomic mass is 32.1. The third-order valence-electron chi connectivity index (χ3n) is 3.15. The Morgan fingerprint density at radius 1 is 1.30 bits per heavy atom. The van der Waals surface area contributed by atoms with Crippen molar-refractivity contribution in [2.45, 2.75) is 19.1 Å². The SMILES string of the molecule is Nc1nc(N2CCc3sccc3C2)cc(C(F)(F)F)n1. The number of thiophene rings is 1. The van der Waals surface area contributed by atoms with Crippen molar-refractivity contribution in [2.24, 2.45) is 0 Å². The Balaban J connectivity index is 1.93. The average Bonchev–Trinajstić information content (AvgIpc) is 2.84. The molecule has 4 nitrogen and oxygen atoms in total. The van der Waals surface area contributed by atoms with E-state index in [0.29, 0.717) is 13.1 Å². The number of nitrogens with two attached hydrogens (primary N) is 1. The molecule has 0 spiro atoms. The van der Waals surface area contributed by atoms with E-state index in [1.165, 1.54) is 4.88 Å². The second kappa shape index (κ2) is 4.62. The molecule has 0 aromatic carbocycles. The lowest BCUT2D eigenvalue weighted by atomic mass is 10.1. The zero-order chi connectivity index (χ0) is 14.3. The van der Waals surface area contributed by atoms with Gasteiger partial charge in [-0.2, -0.15) is 18.2 Å². The van der Waals surface area contributed by atoms with Crippen molar-refractivity contribution in [1.82, 2.24) is 9.97 Å². The van der Waals surface area contributed by atoms with Crippen LogP contribution < -0.4 is 10.6 Å². The van der Waals surface area contributed by atoms with Gasteiger partial charge in [-0.25, -0.2) is 4.98 Å². The summed E-state index contributed by atoms with van der Waals surface area (Å²) in [5.74, 6) is -0.132. The van der Waals surface area contributed by atoms with E-state index < -0.39 is 11.9 Å². The molecular weight excluding hydrogens is 289 g/mol. The maximum absolute atomic E-state index is 12.7. The summed E-state index contributed by atoms with van der Waals surface area (Å²) in [5, 5.41) is 1.99. The van der Waals surface area contributed by atoms with Gasteiger partial charge in [-0.1, -0.05) is 0 Å². The Kier molecular flexibility index (Phi) is 3.04. The Morgan fingerprint density at radius 2 is 2.10 bits per heavy atom. The summed E-state index contributed by atoms with van der Waals surface area (Å²) >= 11 is 1.67. The lowest BCUT2D eigenvalue weighted by molar-refractivity contribution is -0.141. The van der Waals surface area contributed by atoms with Gasteiger partial charge in [0.05, 0.1) is 0 Å². The van der Waals surface area contributed by atoms with Crippen LogP contribution in [0.25, 0.3) is 0 Å². The van der Waals surface area contributed by atoms with Gasteiger partial charge in [0.25, 0.3) is 0 Å². The monoisotopic (exact) mass is 300 g/mol. The number of anilines is 2. The van der Waals surface area contributed by atoms with Crippen LogP contribution in [0.4, 0.5) is 24.9 Å². The van der Waals surface area contributed by atoms with Gasteiger partial charge in [0.1, 0.15) is 5.82 Å². The smallest absolute Gasteiger partial charge is 0.368 e. The van der Waals surface area contributed by atoms with Gasteiger partial charge in [-0.15, -0.1) is 11.3 Å². The molecule has 0 unspecified atom stereocenters. The van der Waals surface area contributed by atoms with Crippen molar-refractivity contribution >= 4 is 23.1 Å². The van der Waals surface area contributed by atoms with Crippen molar-refractivity contribution in [2.75, 3.05) is 17.2 Å². The fourth-order valence-corrected chi connectivity index (χ4v) is 3.09. The molecule has 0 bridgehead atoms. The highest BCUT2D eigenvalue weighted by molar-refractivity contribution is 7.10. The molecule has 0 radical (unpaired) electrons. The summed E-state index contributed by atoms with van der Waals surface area (Å²) in [6.45, 7) is 1.17. The number of nitrogens with zero attached hydrogens (tertiary/aromatic N) is 3. The molecular formula is C12H11F3N4S. The van der Waals surface area contributed by atoms with Crippen LogP contribution in [0.15, 0.2) is 17.5 Å². The molecule has 0 aliphatic carbocycles. The Bertz CT molecular complexity index is 638. The number of halogens is 3. The third kappa shape index (κ3) is 2.43. The molecule has 0 fully saturated rings. The fourth-order valence-electron chi connectivity index (χ4n) is 2.20. The molecule has 1 aliphatic heterocycles. The van der Waals surface area contributed by atoms with Gasteiger partial charge in [-0.05, 0) is 23.4 Å². The van der Waals surface area contributed by atoms with Crippen molar-refractivity contribution in [3.63, 3.8) is 0 Å². The molecule has 1 aliphatic rings. The standard InChI is InChI=1S/C12H11F3N4S/c13-12(14,15)9-5-10(18-11(16)17-9)19-3-1-8-7(6-19)2-4-20-8/h2,4-5H,1,3,6H2,(H2,16,17,18). The van der Waals surface area contributed by atoms with Gasteiger partial charge >= 0.3 is 6.18 Å². The molecule has 0 atom stereocenters. The van der Waals surface area contributed by atoms with E-state index in [0.717, 1.165) is 18.1 Å². The number of hydrogen-bond acceptors (Lipinski definition) is 5. The number of fused-ring (bicyclic) bond motifs is 1. The summed E-state index contributed by atoms with van der Waals surface area (Å²) in [7, 11) is 0. The molecule has 20 heavy (non-hydrogen) atoms. The van der Waals surface area contributed by atoms with Crippen LogP contribution in [0.3, 0.4) is 0 Å². The average molecular weight is 300 g/mol. The molecule has 3 rings (SSSR count). The minimum absolute atomic E-state index is 0.224. The molecule has 0 amide bonds. The van der Waals surface area contributed by atoms with Gasteiger partial charge in [0.2, 0.25) is 5.95 Å². The second-order valence-electron chi connectivity index (χ2n) is 4.51. The first-order chi connectivity index (χ1) is 9.43. The predicted octanol–water partition coefficient (Wildman–Crippen LogP) is 2.70. The quantitative estimate of drug-likeness (QED) is 0.880. The van der Waals surface area contributed by atoms with Crippen LogP contribution in [0.2, 0.25) is 0 Å². The molecule has 0 saturated carbocycles.